The van der Waals surface area contributed by atoms with Gasteiger partial charge in [-0.1, -0.05) is 32.0 Å². The van der Waals surface area contributed by atoms with Crippen molar-refractivity contribution in [1.82, 2.24) is 10.2 Å². The summed E-state index contributed by atoms with van der Waals surface area (Å²) in [7, 11) is 0. The highest BCUT2D eigenvalue weighted by atomic mass is 16.2. The minimum Gasteiger partial charge on any atom is -0.398 e. The molecule has 4 heteroatoms. The van der Waals surface area contributed by atoms with Crippen molar-refractivity contribution in [3.63, 3.8) is 0 Å². The van der Waals surface area contributed by atoms with Gasteiger partial charge < -0.3 is 11.1 Å². The first kappa shape index (κ1) is 16.5. The molecule has 0 aliphatic carbocycles. The zero-order chi connectivity index (χ0) is 15.2. The van der Waals surface area contributed by atoms with E-state index < -0.39 is 0 Å². The van der Waals surface area contributed by atoms with Crippen LogP contribution in [0.25, 0.3) is 0 Å². The number of carbonyl (C=O) groups is 1. The van der Waals surface area contributed by atoms with Gasteiger partial charge in [0.15, 0.2) is 0 Å². The van der Waals surface area contributed by atoms with Crippen molar-refractivity contribution in [1.29, 1.82) is 0 Å². The fourth-order valence-electron chi connectivity index (χ4n) is 1.91. The summed E-state index contributed by atoms with van der Waals surface area (Å²) in [6, 6.07) is 7.79. The highest BCUT2D eigenvalue weighted by molar-refractivity contribution is 5.78. The molecule has 0 aliphatic heterocycles. The summed E-state index contributed by atoms with van der Waals surface area (Å²) in [4.78, 5) is 14.2. The first-order valence-electron chi connectivity index (χ1n) is 7.24. The van der Waals surface area contributed by atoms with Crippen LogP contribution < -0.4 is 11.1 Å². The predicted molar refractivity (Wildman–Crippen MR) is 84.3 cm³/mol. The van der Waals surface area contributed by atoms with Gasteiger partial charge in [0.1, 0.15) is 0 Å². The van der Waals surface area contributed by atoms with Gasteiger partial charge in [0, 0.05) is 17.8 Å². The van der Waals surface area contributed by atoms with Crippen LogP contribution in [0.5, 0.6) is 0 Å². The Morgan fingerprint density at radius 2 is 1.95 bits per heavy atom. The molecule has 0 saturated carbocycles. The van der Waals surface area contributed by atoms with Crippen LogP contribution in [-0.4, -0.2) is 29.4 Å². The van der Waals surface area contributed by atoms with Crippen molar-refractivity contribution in [2.75, 3.05) is 18.8 Å². The van der Waals surface area contributed by atoms with E-state index in [1.807, 2.05) is 38.1 Å². The number of amides is 1. The average molecular weight is 277 g/mol. The number of anilines is 1. The number of likely N-dealkylation sites (N-methyl/N-ethyl adjacent to an activating group) is 1. The van der Waals surface area contributed by atoms with Crippen LogP contribution >= 0.6 is 0 Å². The molecule has 0 bridgehead atoms. The number of benzene rings is 1. The van der Waals surface area contributed by atoms with Crippen LogP contribution in [0.4, 0.5) is 5.69 Å². The number of nitrogens with one attached hydrogen (secondary N) is 1. The fraction of sp³-hybridized carbons (Fsp3) is 0.562. The molecule has 0 unspecified atom stereocenters. The Kier molecular flexibility index (Phi) is 6.02. The van der Waals surface area contributed by atoms with Gasteiger partial charge in [-0.05, 0) is 38.4 Å². The van der Waals surface area contributed by atoms with Crippen LogP contribution in [0.3, 0.4) is 0 Å². The SMILES string of the molecule is CCN(CC(=O)NC(C)(C)CC)Cc1ccccc1N. The molecule has 0 heterocycles. The van der Waals surface area contributed by atoms with Crippen molar-refractivity contribution in [3.8, 4) is 0 Å². The molecule has 0 spiro atoms. The number of nitrogens with zero attached hydrogens (tertiary/aromatic N) is 1. The molecule has 0 radical (unpaired) electrons. The maximum absolute atomic E-state index is 12.1. The topological polar surface area (TPSA) is 58.4 Å². The lowest BCUT2D eigenvalue weighted by Crippen LogP contribution is -2.47. The normalized spacial score (nSPS) is 11.7. The Hall–Kier alpha value is -1.55. The molecule has 4 nitrogen and oxygen atoms in total. The van der Waals surface area contributed by atoms with Gasteiger partial charge in [0.25, 0.3) is 0 Å². The van der Waals surface area contributed by atoms with E-state index in [1.165, 1.54) is 0 Å². The monoisotopic (exact) mass is 277 g/mol. The Labute approximate surface area is 122 Å². The van der Waals surface area contributed by atoms with Gasteiger partial charge >= 0.3 is 0 Å². The first-order chi connectivity index (χ1) is 9.38. The molecular weight excluding hydrogens is 250 g/mol. The number of hydrogen-bond donors (Lipinski definition) is 2. The smallest absolute Gasteiger partial charge is 0.234 e. The predicted octanol–water partition coefficient (Wildman–Crippen LogP) is 2.40. The molecule has 0 aromatic heterocycles. The zero-order valence-electron chi connectivity index (χ0n) is 13.1. The second kappa shape index (κ2) is 7.29. The van der Waals surface area contributed by atoms with Gasteiger partial charge in [-0.3, -0.25) is 9.69 Å². The lowest BCUT2D eigenvalue weighted by atomic mass is 10.0. The number of hydrogen-bond acceptors (Lipinski definition) is 3. The molecule has 0 saturated heterocycles. The van der Waals surface area contributed by atoms with E-state index in [0.717, 1.165) is 24.2 Å². The Balaban J connectivity index is 2.60. The molecule has 0 fully saturated rings. The van der Waals surface area contributed by atoms with E-state index >= 15 is 0 Å². The number of nitrogen functional groups attached to an aromatic ring is 1. The minimum absolute atomic E-state index is 0.0632. The van der Waals surface area contributed by atoms with E-state index in [0.29, 0.717) is 13.1 Å². The summed E-state index contributed by atoms with van der Waals surface area (Å²) >= 11 is 0. The Morgan fingerprint density at radius 3 is 2.50 bits per heavy atom. The third-order valence-electron chi connectivity index (χ3n) is 3.63. The lowest BCUT2D eigenvalue weighted by molar-refractivity contribution is -0.124. The molecule has 112 valence electrons. The summed E-state index contributed by atoms with van der Waals surface area (Å²) in [6.07, 6.45) is 0.913. The molecule has 0 aliphatic rings. The molecule has 1 aromatic carbocycles. The molecule has 1 aromatic rings. The molecule has 0 atom stereocenters. The molecule has 3 N–H and O–H groups in total. The Bertz CT molecular complexity index is 443. The number of nitrogens with two attached hydrogens (primary N) is 1. The molecule has 1 amide bonds. The van der Waals surface area contributed by atoms with Gasteiger partial charge in [-0.25, -0.2) is 0 Å². The number of carbonyl (C=O) groups excluding carboxylic acids is 1. The largest absolute Gasteiger partial charge is 0.398 e. The minimum atomic E-state index is -0.151. The zero-order valence-corrected chi connectivity index (χ0v) is 13.1. The summed E-state index contributed by atoms with van der Waals surface area (Å²) in [5, 5.41) is 3.06. The van der Waals surface area contributed by atoms with Crippen LogP contribution in [0.2, 0.25) is 0 Å². The van der Waals surface area contributed by atoms with Gasteiger partial charge in [0.05, 0.1) is 6.54 Å². The third kappa shape index (κ3) is 5.21. The van der Waals surface area contributed by atoms with E-state index in [4.69, 9.17) is 5.73 Å². The Morgan fingerprint density at radius 1 is 1.30 bits per heavy atom. The number of para-hydroxylation sites is 1. The van der Waals surface area contributed by atoms with Crippen LogP contribution in [0, 0.1) is 0 Å². The summed E-state index contributed by atoms with van der Waals surface area (Å²) in [5.74, 6) is 0.0632. The van der Waals surface area contributed by atoms with Crippen molar-refractivity contribution in [3.05, 3.63) is 29.8 Å². The van der Waals surface area contributed by atoms with Gasteiger partial charge in [0.2, 0.25) is 5.91 Å². The highest BCUT2D eigenvalue weighted by Crippen LogP contribution is 2.13. The van der Waals surface area contributed by atoms with Crippen molar-refractivity contribution in [2.24, 2.45) is 0 Å². The molecule has 20 heavy (non-hydrogen) atoms. The molecule has 1 rings (SSSR count). The van der Waals surface area contributed by atoms with Crippen LogP contribution in [-0.2, 0) is 11.3 Å². The van der Waals surface area contributed by atoms with Crippen LogP contribution in [0.15, 0.2) is 24.3 Å². The maximum Gasteiger partial charge on any atom is 0.234 e. The van der Waals surface area contributed by atoms with E-state index in [2.05, 4.69) is 24.1 Å². The summed E-state index contributed by atoms with van der Waals surface area (Å²) in [5.41, 5.74) is 7.64. The maximum atomic E-state index is 12.1. The van der Waals surface area contributed by atoms with Crippen molar-refractivity contribution < 1.29 is 4.79 Å². The highest BCUT2D eigenvalue weighted by Gasteiger charge is 2.19. The second-order valence-corrected chi connectivity index (χ2v) is 5.79. The van der Waals surface area contributed by atoms with Crippen molar-refractivity contribution >= 4 is 11.6 Å². The van der Waals surface area contributed by atoms with Crippen LogP contribution in [0.1, 0.15) is 39.7 Å². The number of rotatable bonds is 7. The third-order valence-corrected chi connectivity index (χ3v) is 3.63. The van der Waals surface area contributed by atoms with E-state index in [-0.39, 0.29) is 11.4 Å². The average Bonchev–Trinajstić information content (AvgIpc) is 2.39. The summed E-state index contributed by atoms with van der Waals surface area (Å²) in [6.45, 7) is 10.1. The fourth-order valence-corrected chi connectivity index (χ4v) is 1.91. The van der Waals surface area contributed by atoms with Gasteiger partial charge in [-0.15, -0.1) is 0 Å². The quantitative estimate of drug-likeness (QED) is 0.752. The van der Waals surface area contributed by atoms with Gasteiger partial charge in [-0.2, -0.15) is 0 Å². The van der Waals surface area contributed by atoms with E-state index in [9.17, 15) is 4.79 Å². The summed E-state index contributed by atoms with van der Waals surface area (Å²) < 4.78 is 0. The second-order valence-electron chi connectivity index (χ2n) is 5.79. The standard InChI is InChI=1S/C16H27N3O/c1-5-16(3,4)18-15(20)12-19(6-2)11-13-9-7-8-10-14(13)17/h7-10H,5-6,11-12,17H2,1-4H3,(H,18,20). The lowest BCUT2D eigenvalue weighted by Gasteiger charge is -2.27. The molecular formula is C16H27N3O. The van der Waals surface area contributed by atoms with E-state index in [1.54, 1.807) is 0 Å². The first-order valence-corrected chi connectivity index (χ1v) is 7.24. The van der Waals surface area contributed by atoms with Crippen molar-refractivity contribution in [2.45, 2.75) is 46.2 Å².